The van der Waals surface area contributed by atoms with Crippen molar-refractivity contribution in [3.8, 4) is 5.75 Å². The van der Waals surface area contributed by atoms with Crippen LogP contribution in [0.3, 0.4) is 0 Å². The first-order valence-electron chi connectivity index (χ1n) is 10.3. The van der Waals surface area contributed by atoms with Gasteiger partial charge in [0, 0.05) is 5.56 Å². The van der Waals surface area contributed by atoms with E-state index in [0.29, 0.717) is 33.6 Å². The summed E-state index contributed by atoms with van der Waals surface area (Å²) in [6.07, 6.45) is 3.35. The van der Waals surface area contributed by atoms with E-state index in [0.717, 1.165) is 12.0 Å². The highest BCUT2D eigenvalue weighted by Gasteiger charge is 2.42. The molecule has 1 amide bonds. The smallest absolute Gasteiger partial charge is 0.333 e. The maximum atomic E-state index is 13.3. The van der Waals surface area contributed by atoms with Gasteiger partial charge in [0.15, 0.2) is 6.04 Å². The third kappa shape index (κ3) is 5.54. The van der Waals surface area contributed by atoms with Gasteiger partial charge < -0.3 is 9.47 Å². The van der Waals surface area contributed by atoms with Gasteiger partial charge in [-0.3, -0.25) is 9.69 Å². The van der Waals surface area contributed by atoms with Gasteiger partial charge in [-0.2, -0.15) is 0 Å². The summed E-state index contributed by atoms with van der Waals surface area (Å²) in [5.74, 6) is -0.101. The first kappa shape index (κ1) is 23.0. The van der Waals surface area contributed by atoms with Gasteiger partial charge >= 0.3 is 5.97 Å². The zero-order chi connectivity index (χ0) is 22.2. The average Bonchev–Trinajstić information content (AvgIpc) is 3.06. The van der Waals surface area contributed by atoms with E-state index >= 15 is 0 Å². The van der Waals surface area contributed by atoms with Gasteiger partial charge in [0.25, 0.3) is 5.91 Å². The van der Waals surface area contributed by atoms with Gasteiger partial charge in [-0.15, -0.1) is 0 Å². The number of benzene rings is 2. The normalized spacial score (nSPS) is 15.9. The fourth-order valence-electron chi connectivity index (χ4n) is 3.09. The molecule has 1 aliphatic rings. The molecule has 2 aromatic carbocycles. The van der Waals surface area contributed by atoms with Crippen molar-refractivity contribution in [1.82, 2.24) is 4.90 Å². The predicted molar refractivity (Wildman–Crippen MR) is 128 cm³/mol. The molecule has 162 valence electrons. The fraction of sp³-hybridized carbons (Fsp3) is 0.292. The van der Waals surface area contributed by atoms with E-state index in [1.807, 2.05) is 56.3 Å². The molecule has 1 heterocycles. The molecule has 0 N–H and O–H groups in total. The van der Waals surface area contributed by atoms with Gasteiger partial charge in [-0.1, -0.05) is 86.4 Å². The maximum absolute atomic E-state index is 13.3. The van der Waals surface area contributed by atoms with Gasteiger partial charge in [0.1, 0.15) is 10.1 Å². The van der Waals surface area contributed by atoms with Crippen molar-refractivity contribution >= 4 is 46.3 Å². The maximum Gasteiger partial charge on any atom is 0.333 e. The summed E-state index contributed by atoms with van der Waals surface area (Å²) in [7, 11) is 0. The second kappa shape index (κ2) is 11.1. The number of hydrogen-bond acceptors (Lipinski definition) is 6. The minimum atomic E-state index is -0.919. The Labute approximate surface area is 192 Å². The van der Waals surface area contributed by atoms with Gasteiger partial charge in [-0.05, 0) is 30.5 Å². The first-order valence-corrected chi connectivity index (χ1v) is 11.5. The van der Waals surface area contributed by atoms with Gasteiger partial charge in [0.2, 0.25) is 0 Å². The molecule has 3 rings (SSSR count). The minimum absolute atomic E-state index is 0.287. The van der Waals surface area contributed by atoms with Crippen LogP contribution in [0.25, 0.3) is 6.08 Å². The van der Waals surface area contributed by atoms with Crippen molar-refractivity contribution in [3.63, 3.8) is 0 Å². The molecule has 0 aromatic heterocycles. The van der Waals surface area contributed by atoms with Crippen molar-refractivity contribution in [1.29, 1.82) is 0 Å². The Kier molecular flexibility index (Phi) is 8.26. The van der Waals surface area contributed by atoms with Crippen molar-refractivity contribution < 1.29 is 19.1 Å². The molecule has 0 bridgehead atoms. The quantitative estimate of drug-likeness (QED) is 0.288. The van der Waals surface area contributed by atoms with E-state index in [9.17, 15) is 9.59 Å². The summed E-state index contributed by atoms with van der Waals surface area (Å²) in [5.41, 5.74) is 1.45. The van der Waals surface area contributed by atoms with Crippen LogP contribution < -0.4 is 4.74 Å². The lowest BCUT2D eigenvalue weighted by atomic mass is 10.1. The Morgan fingerprint density at radius 2 is 1.74 bits per heavy atom. The molecule has 1 unspecified atom stereocenters. The summed E-state index contributed by atoms with van der Waals surface area (Å²) in [6, 6.07) is 15.7. The Balaban J connectivity index is 1.94. The molecule has 1 saturated heterocycles. The van der Waals surface area contributed by atoms with Crippen LogP contribution in [0.2, 0.25) is 0 Å². The third-order valence-electron chi connectivity index (χ3n) is 4.54. The van der Waals surface area contributed by atoms with E-state index in [2.05, 4.69) is 0 Å². The number of carbonyl (C=O) groups is 2. The number of carbonyl (C=O) groups excluding carboxylic acids is 2. The predicted octanol–water partition coefficient (Wildman–Crippen LogP) is 5.37. The number of ether oxygens (including phenoxy) is 2. The highest BCUT2D eigenvalue weighted by molar-refractivity contribution is 8.26. The van der Waals surface area contributed by atoms with E-state index < -0.39 is 12.0 Å². The fourth-order valence-corrected chi connectivity index (χ4v) is 4.40. The summed E-state index contributed by atoms with van der Waals surface area (Å²) in [6.45, 7) is 4.83. The summed E-state index contributed by atoms with van der Waals surface area (Å²) < 4.78 is 11.5. The third-order valence-corrected chi connectivity index (χ3v) is 5.87. The van der Waals surface area contributed by atoms with Crippen LogP contribution in [0.1, 0.15) is 43.9 Å². The molecular weight excluding hydrogens is 430 g/mol. The lowest BCUT2D eigenvalue weighted by Gasteiger charge is -2.25. The largest absolute Gasteiger partial charge is 0.493 e. The molecule has 1 atom stereocenters. The van der Waals surface area contributed by atoms with Crippen LogP contribution in [0.5, 0.6) is 5.75 Å². The van der Waals surface area contributed by atoms with Gasteiger partial charge in [-0.25, -0.2) is 4.79 Å². The van der Waals surface area contributed by atoms with Crippen molar-refractivity contribution in [2.24, 2.45) is 0 Å². The number of esters is 1. The second-order valence-corrected chi connectivity index (χ2v) is 8.59. The zero-order valence-electron chi connectivity index (χ0n) is 17.6. The molecule has 31 heavy (non-hydrogen) atoms. The van der Waals surface area contributed by atoms with Crippen molar-refractivity contribution in [2.45, 2.75) is 32.7 Å². The van der Waals surface area contributed by atoms with E-state index in [-0.39, 0.29) is 12.5 Å². The zero-order valence-corrected chi connectivity index (χ0v) is 19.2. The lowest BCUT2D eigenvalue weighted by Crippen LogP contribution is -2.38. The average molecular weight is 456 g/mol. The molecule has 2 aromatic rings. The van der Waals surface area contributed by atoms with Gasteiger partial charge in [0.05, 0.1) is 18.1 Å². The van der Waals surface area contributed by atoms with Crippen LogP contribution >= 0.6 is 24.0 Å². The Hall–Kier alpha value is -2.64. The molecule has 0 spiro atoms. The van der Waals surface area contributed by atoms with Crippen LogP contribution in [-0.2, 0) is 14.3 Å². The monoisotopic (exact) mass is 455 g/mol. The van der Waals surface area contributed by atoms with E-state index in [1.165, 1.54) is 16.7 Å². The molecule has 5 nitrogen and oxygen atoms in total. The first-order chi connectivity index (χ1) is 15.1. The van der Waals surface area contributed by atoms with Crippen LogP contribution in [-0.4, -0.2) is 34.3 Å². The number of rotatable bonds is 9. The standard InChI is InChI=1S/C24H25NO4S2/c1-3-14-28-19-13-9-8-12-18(19)16-20-22(26)25(24(30)31-20)21(23(27)29-15-4-2)17-10-6-5-7-11-17/h5-13,16,21H,3-4,14-15H2,1-2H3/b20-16+. The second-order valence-electron chi connectivity index (χ2n) is 6.92. The number of thiocarbonyl (C=S) groups is 1. The number of amides is 1. The number of hydrogen-bond donors (Lipinski definition) is 0. The van der Waals surface area contributed by atoms with Crippen LogP contribution in [0.4, 0.5) is 0 Å². The number of para-hydroxylation sites is 1. The molecule has 0 saturated carbocycles. The summed E-state index contributed by atoms with van der Waals surface area (Å²) in [5, 5.41) is 0. The highest BCUT2D eigenvalue weighted by Crippen LogP contribution is 2.39. The van der Waals surface area contributed by atoms with Crippen LogP contribution in [0, 0.1) is 0 Å². The topological polar surface area (TPSA) is 55.8 Å². The van der Waals surface area contributed by atoms with E-state index in [4.69, 9.17) is 21.7 Å². The molecule has 1 fully saturated rings. The molecule has 1 aliphatic heterocycles. The number of nitrogens with zero attached hydrogens (tertiary/aromatic N) is 1. The minimum Gasteiger partial charge on any atom is -0.493 e. The summed E-state index contributed by atoms with van der Waals surface area (Å²) >= 11 is 6.69. The van der Waals surface area contributed by atoms with E-state index in [1.54, 1.807) is 18.2 Å². The Morgan fingerprint density at radius 3 is 2.45 bits per heavy atom. The Bertz CT molecular complexity index is 975. The molecule has 0 aliphatic carbocycles. The highest BCUT2D eigenvalue weighted by atomic mass is 32.2. The lowest BCUT2D eigenvalue weighted by molar-refractivity contribution is -0.151. The number of thioether (sulfide) groups is 1. The summed E-state index contributed by atoms with van der Waals surface area (Å²) in [4.78, 5) is 28.0. The molecular formula is C24H25NO4S2. The SMILES string of the molecule is CCCOC(=O)C(c1ccccc1)N1C(=O)/C(=C\c2ccccc2OCCC)SC1=S. The van der Waals surface area contributed by atoms with Crippen LogP contribution in [0.15, 0.2) is 59.5 Å². The molecule has 0 radical (unpaired) electrons. The van der Waals surface area contributed by atoms with Crippen molar-refractivity contribution in [2.75, 3.05) is 13.2 Å². The Morgan fingerprint density at radius 1 is 1.06 bits per heavy atom. The van der Waals surface area contributed by atoms with Crippen molar-refractivity contribution in [3.05, 3.63) is 70.6 Å². The molecule has 7 heteroatoms.